The van der Waals surface area contributed by atoms with Gasteiger partial charge < -0.3 is 14.4 Å². The summed E-state index contributed by atoms with van der Waals surface area (Å²) in [6.07, 6.45) is -0.595. The minimum absolute atomic E-state index is 0.0566. The van der Waals surface area contributed by atoms with E-state index in [0.29, 0.717) is 56.4 Å². The molecule has 33 heavy (non-hydrogen) atoms. The van der Waals surface area contributed by atoms with Crippen LogP contribution in [0.1, 0.15) is 52.3 Å². The fraction of sp³-hybridized carbons (Fsp3) is 0.280. The summed E-state index contributed by atoms with van der Waals surface area (Å²) in [6, 6.07) is 11.4. The average molecular weight is 473 g/mol. The monoisotopic (exact) mass is 472 g/mol. The molecule has 4 rings (SSSR count). The summed E-state index contributed by atoms with van der Waals surface area (Å²) >= 11 is 6.79. The van der Waals surface area contributed by atoms with Crippen LogP contribution in [0.5, 0.6) is 5.88 Å². The summed E-state index contributed by atoms with van der Waals surface area (Å²) < 4.78 is 37.7. The van der Waals surface area contributed by atoms with Crippen LogP contribution in [-0.2, 0) is 12.3 Å². The fourth-order valence-corrected chi connectivity index (χ4v) is 4.22. The van der Waals surface area contributed by atoms with Crippen molar-refractivity contribution in [1.82, 2.24) is 10.1 Å². The molecule has 0 aliphatic carbocycles. The molecule has 2 aromatic heterocycles. The lowest BCUT2D eigenvalue weighted by Crippen LogP contribution is -2.07. The maximum absolute atomic E-state index is 13.5. The number of hydrogen-bond donors (Lipinski definition) is 1. The maximum Gasteiger partial charge on any atom is 0.270 e. The molecule has 0 aliphatic heterocycles. The second-order valence-corrected chi connectivity index (χ2v) is 8.47. The molecule has 5 nitrogen and oxygen atoms in total. The quantitative estimate of drug-likeness (QED) is 0.357. The van der Waals surface area contributed by atoms with Gasteiger partial charge in [0, 0.05) is 29.9 Å². The van der Waals surface area contributed by atoms with Crippen molar-refractivity contribution < 1.29 is 23.1 Å². The topological polar surface area (TPSA) is 68.4 Å². The van der Waals surface area contributed by atoms with Gasteiger partial charge in [0.25, 0.3) is 5.92 Å². The summed E-state index contributed by atoms with van der Waals surface area (Å²) in [5.74, 6) is -2.01. The summed E-state index contributed by atoms with van der Waals surface area (Å²) in [5.41, 5.74) is 3.81. The minimum atomic E-state index is -2.91. The van der Waals surface area contributed by atoms with E-state index in [-0.39, 0.29) is 5.56 Å². The molecule has 1 N–H and O–H groups in total. The first-order chi connectivity index (χ1) is 15.6. The zero-order valence-corrected chi connectivity index (χ0v) is 19.4. The van der Waals surface area contributed by atoms with Gasteiger partial charge in [-0.1, -0.05) is 47.1 Å². The van der Waals surface area contributed by atoms with Crippen molar-refractivity contribution in [3.63, 3.8) is 0 Å². The molecule has 0 bridgehead atoms. The molecule has 8 heteroatoms. The van der Waals surface area contributed by atoms with Gasteiger partial charge in [-0.3, -0.25) is 0 Å². The minimum Gasteiger partial charge on any atom is -0.481 e. The molecule has 1 atom stereocenters. The average Bonchev–Trinajstić information content (AvgIpc) is 3.12. The van der Waals surface area contributed by atoms with Crippen LogP contribution in [0.3, 0.4) is 0 Å². The van der Waals surface area contributed by atoms with Gasteiger partial charge in [-0.05, 0) is 37.1 Å². The molecule has 0 saturated carbocycles. The van der Waals surface area contributed by atoms with E-state index >= 15 is 0 Å². The van der Waals surface area contributed by atoms with Crippen molar-refractivity contribution in [2.75, 3.05) is 7.11 Å². The number of ether oxygens (including phenoxy) is 1. The molecule has 0 fully saturated rings. The molecule has 0 radical (unpaired) electrons. The molecule has 0 aliphatic rings. The van der Waals surface area contributed by atoms with Gasteiger partial charge in [-0.15, -0.1) is 0 Å². The van der Waals surface area contributed by atoms with Crippen LogP contribution >= 0.6 is 11.6 Å². The van der Waals surface area contributed by atoms with E-state index in [1.807, 2.05) is 0 Å². The molecule has 0 spiro atoms. The normalized spacial score (nSPS) is 12.8. The number of pyridine rings is 1. The van der Waals surface area contributed by atoms with Crippen LogP contribution in [0.15, 0.2) is 47.0 Å². The Morgan fingerprint density at radius 3 is 2.42 bits per heavy atom. The highest BCUT2D eigenvalue weighted by Gasteiger charge is 2.24. The largest absolute Gasteiger partial charge is 0.481 e. The van der Waals surface area contributed by atoms with Gasteiger partial charge in [0.1, 0.15) is 11.9 Å². The first-order valence-corrected chi connectivity index (χ1v) is 10.7. The van der Waals surface area contributed by atoms with Crippen molar-refractivity contribution in [3.8, 4) is 5.88 Å². The number of nitrogens with zero attached hydrogens (tertiary/aromatic N) is 2. The molecule has 0 saturated heterocycles. The van der Waals surface area contributed by atoms with Crippen LogP contribution in [-0.4, -0.2) is 22.4 Å². The second kappa shape index (κ2) is 8.72. The molecule has 2 heterocycles. The summed E-state index contributed by atoms with van der Waals surface area (Å²) in [7, 11) is 1.50. The third kappa shape index (κ3) is 4.43. The summed E-state index contributed by atoms with van der Waals surface area (Å²) in [5, 5.41) is 15.9. The number of hydrogen-bond acceptors (Lipinski definition) is 5. The summed E-state index contributed by atoms with van der Waals surface area (Å²) in [6.45, 7) is 4.38. The number of aryl methyl sites for hydroxylation is 2. The Kier molecular flexibility index (Phi) is 6.12. The highest BCUT2D eigenvalue weighted by molar-refractivity contribution is 6.36. The Morgan fingerprint density at radius 1 is 1.15 bits per heavy atom. The van der Waals surface area contributed by atoms with Gasteiger partial charge in [0.05, 0.1) is 28.9 Å². The van der Waals surface area contributed by atoms with Crippen molar-refractivity contribution in [3.05, 3.63) is 86.8 Å². The number of aromatic nitrogens is 2. The van der Waals surface area contributed by atoms with E-state index in [0.717, 1.165) is 12.5 Å². The predicted molar refractivity (Wildman–Crippen MR) is 122 cm³/mol. The van der Waals surface area contributed by atoms with Crippen molar-refractivity contribution in [2.45, 2.75) is 39.2 Å². The smallest absolute Gasteiger partial charge is 0.270 e. The lowest BCUT2D eigenvalue weighted by molar-refractivity contribution is 0.0174. The Hall–Kier alpha value is -3.03. The fourth-order valence-electron chi connectivity index (χ4n) is 3.92. The van der Waals surface area contributed by atoms with Gasteiger partial charge in [0.15, 0.2) is 0 Å². The molecular weight excluding hydrogens is 450 g/mol. The van der Waals surface area contributed by atoms with E-state index in [1.165, 1.54) is 19.2 Å². The zero-order chi connectivity index (χ0) is 23.9. The highest BCUT2D eigenvalue weighted by Crippen LogP contribution is 2.37. The van der Waals surface area contributed by atoms with E-state index in [4.69, 9.17) is 20.9 Å². The van der Waals surface area contributed by atoms with E-state index in [1.54, 1.807) is 44.2 Å². The first kappa shape index (κ1) is 23.1. The third-order valence-corrected chi connectivity index (χ3v) is 6.15. The standard InChI is InChI=1S/C25H23ClF2N2O3/c1-13-21(14(2)33-30-13)23(31)16-7-10-20-18(12-16)22(26)19(24(29-20)32-4)11-15-5-8-17(9-6-15)25(3,27)28/h5-10,12,23,31H,11H2,1-4H3. The molecular formula is C25H23ClF2N2O3. The Balaban J connectivity index is 1.76. The Morgan fingerprint density at radius 2 is 1.85 bits per heavy atom. The van der Waals surface area contributed by atoms with Crippen LogP contribution in [0.25, 0.3) is 10.9 Å². The van der Waals surface area contributed by atoms with Gasteiger partial charge in [0.2, 0.25) is 5.88 Å². The first-order valence-electron chi connectivity index (χ1n) is 10.3. The number of alkyl halides is 2. The number of benzene rings is 2. The van der Waals surface area contributed by atoms with Crippen molar-refractivity contribution in [1.29, 1.82) is 0 Å². The number of fused-ring (bicyclic) bond motifs is 1. The van der Waals surface area contributed by atoms with Gasteiger partial charge in [-0.25, -0.2) is 13.8 Å². The lowest BCUT2D eigenvalue weighted by atomic mass is 9.97. The SMILES string of the molecule is COc1nc2ccc(C(O)c3c(C)noc3C)cc2c(Cl)c1Cc1ccc(C(C)(F)F)cc1. The Labute approximate surface area is 195 Å². The van der Waals surface area contributed by atoms with E-state index in [9.17, 15) is 13.9 Å². The Bertz CT molecular complexity index is 1290. The lowest BCUT2D eigenvalue weighted by Gasteiger charge is -2.16. The third-order valence-electron chi connectivity index (χ3n) is 5.72. The molecule has 1 unspecified atom stereocenters. The van der Waals surface area contributed by atoms with E-state index in [2.05, 4.69) is 10.1 Å². The zero-order valence-electron chi connectivity index (χ0n) is 18.6. The van der Waals surface area contributed by atoms with E-state index < -0.39 is 12.0 Å². The summed E-state index contributed by atoms with van der Waals surface area (Å²) in [4.78, 5) is 4.57. The number of rotatable bonds is 6. The van der Waals surface area contributed by atoms with Crippen molar-refractivity contribution >= 4 is 22.5 Å². The van der Waals surface area contributed by atoms with Crippen LogP contribution in [0.2, 0.25) is 5.02 Å². The van der Waals surface area contributed by atoms with Crippen LogP contribution in [0.4, 0.5) is 8.78 Å². The number of halogens is 3. The number of aliphatic hydroxyl groups is 1. The molecule has 172 valence electrons. The van der Waals surface area contributed by atoms with Gasteiger partial charge >= 0.3 is 0 Å². The number of methoxy groups -OCH3 is 1. The van der Waals surface area contributed by atoms with Crippen LogP contribution in [0, 0.1) is 13.8 Å². The predicted octanol–water partition coefficient (Wildman–Crippen LogP) is 6.29. The van der Waals surface area contributed by atoms with Crippen molar-refractivity contribution in [2.24, 2.45) is 0 Å². The molecule has 4 aromatic rings. The van der Waals surface area contributed by atoms with Gasteiger partial charge in [-0.2, -0.15) is 0 Å². The second-order valence-electron chi connectivity index (χ2n) is 8.09. The maximum atomic E-state index is 13.5. The molecule has 2 aromatic carbocycles. The highest BCUT2D eigenvalue weighted by atomic mass is 35.5. The number of aliphatic hydroxyl groups excluding tert-OH is 1. The molecule has 0 amide bonds. The van der Waals surface area contributed by atoms with Crippen LogP contribution < -0.4 is 4.74 Å².